The molecule has 44 heavy (non-hydrogen) atoms. The predicted molar refractivity (Wildman–Crippen MR) is 168 cm³/mol. The quantitative estimate of drug-likeness (QED) is 0.105. The minimum absolute atomic E-state index is 0.0467. The molecule has 0 saturated heterocycles. The molecule has 2 aromatic carbocycles. The Morgan fingerprint density at radius 1 is 0.886 bits per heavy atom. The van der Waals surface area contributed by atoms with Crippen molar-refractivity contribution in [2.45, 2.75) is 76.5 Å². The summed E-state index contributed by atoms with van der Waals surface area (Å²) >= 11 is 0. The van der Waals surface area contributed by atoms with Crippen LogP contribution in [0.5, 0.6) is 5.75 Å². The minimum Gasteiger partial charge on any atom is -0.508 e. The maximum absolute atomic E-state index is 13.7. The average Bonchev–Trinajstić information content (AvgIpc) is 3.41. The Kier molecular flexibility index (Phi) is 12.7. The van der Waals surface area contributed by atoms with E-state index in [4.69, 9.17) is 11.5 Å². The number of aromatic hydroxyl groups is 1. The summed E-state index contributed by atoms with van der Waals surface area (Å²) in [4.78, 5) is 55.3. The largest absolute Gasteiger partial charge is 0.508 e. The molecule has 3 rings (SSSR count). The van der Waals surface area contributed by atoms with Crippen LogP contribution < -0.4 is 27.4 Å². The molecular weight excluding hydrogens is 564 g/mol. The SMILES string of the molecule is CCC(C)C(NC(=O)C(CCCCN)NC(=O)C(Cc1ccc(O)cc1)NC(=O)C(N)Cc1c[nH]c2ccccc12)C(=O)O. The fraction of sp³-hybridized carbons (Fsp3) is 0.438. The van der Waals surface area contributed by atoms with Crippen molar-refractivity contribution in [3.63, 3.8) is 0 Å². The number of hydrogen-bond donors (Lipinski definition) is 8. The molecule has 0 radical (unpaired) electrons. The molecule has 3 amide bonds. The number of para-hydroxylation sites is 1. The highest BCUT2D eigenvalue weighted by atomic mass is 16.4. The normalized spacial score (nSPS) is 14.6. The van der Waals surface area contributed by atoms with Gasteiger partial charge in [-0.25, -0.2) is 4.79 Å². The number of nitrogens with one attached hydrogen (secondary N) is 4. The molecule has 1 heterocycles. The van der Waals surface area contributed by atoms with Crippen molar-refractivity contribution in [1.29, 1.82) is 0 Å². The highest BCUT2D eigenvalue weighted by Crippen LogP contribution is 2.19. The van der Waals surface area contributed by atoms with Crippen LogP contribution in [0, 0.1) is 5.92 Å². The van der Waals surface area contributed by atoms with E-state index >= 15 is 0 Å². The highest BCUT2D eigenvalue weighted by Gasteiger charge is 2.32. The van der Waals surface area contributed by atoms with Crippen LogP contribution in [0.25, 0.3) is 10.9 Å². The van der Waals surface area contributed by atoms with Gasteiger partial charge in [-0.2, -0.15) is 0 Å². The maximum Gasteiger partial charge on any atom is 0.326 e. The Hall–Kier alpha value is -4.42. The third-order valence-electron chi connectivity index (χ3n) is 7.82. The number of aromatic amines is 1. The number of unbranched alkanes of at least 4 members (excludes halogenated alkanes) is 1. The zero-order valence-corrected chi connectivity index (χ0v) is 25.2. The molecule has 0 saturated carbocycles. The fourth-order valence-electron chi connectivity index (χ4n) is 4.96. The van der Waals surface area contributed by atoms with E-state index in [-0.39, 0.29) is 30.9 Å². The number of rotatable bonds is 17. The highest BCUT2D eigenvalue weighted by molar-refractivity contribution is 5.94. The number of aliphatic carboxylic acids is 1. The van der Waals surface area contributed by atoms with Crippen LogP contribution in [0.15, 0.2) is 54.7 Å². The van der Waals surface area contributed by atoms with Crippen molar-refractivity contribution in [1.82, 2.24) is 20.9 Å². The Morgan fingerprint density at radius 2 is 1.55 bits per heavy atom. The lowest BCUT2D eigenvalue weighted by molar-refractivity contribution is -0.144. The molecule has 0 bridgehead atoms. The molecule has 5 atom stereocenters. The number of phenolic OH excluding ortho intramolecular Hbond substituents is 1. The van der Waals surface area contributed by atoms with Crippen LogP contribution in [-0.4, -0.2) is 69.6 Å². The number of aromatic nitrogens is 1. The number of fused-ring (bicyclic) bond motifs is 1. The Morgan fingerprint density at radius 3 is 2.20 bits per heavy atom. The molecular formula is C32H44N6O6. The number of nitrogens with two attached hydrogens (primary N) is 2. The summed E-state index contributed by atoms with van der Waals surface area (Å²) in [5.41, 5.74) is 14.3. The number of benzene rings is 2. The first kappa shape index (κ1) is 34.1. The van der Waals surface area contributed by atoms with Gasteiger partial charge in [-0.3, -0.25) is 14.4 Å². The van der Waals surface area contributed by atoms with E-state index in [0.29, 0.717) is 31.4 Å². The van der Waals surface area contributed by atoms with Crippen molar-refractivity contribution >= 4 is 34.6 Å². The van der Waals surface area contributed by atoms with Gasteiger partial charge in [-0.15, -0.1) is 0 Å². The molecule has 5 unspecified atom stereocenters. The number of H-pyrrole nitrogens is 1. The summed E-state index contributed by atoms with van der Waals surface area (Å²) in [6, 6.07) is 9.57. The smallest absolute Gasteiger partial charge is 0.326 e. The molecule has 0 aliphatic heterocycles. The third kappa shape index (κ3) is 9.55. The summed E-state index contributed by atoms with van der Waals surface area (Å²) in [7, 11) is 0. The van der Waals surface area contributed by atoms with Crippen LogP contribution in [0.4, 0.5) is 0 Å². The summed E-state index contributed by atoms with van der Waals surface area (Å²) in [6.45, 7) is 3.94. The van der Waals surface area contributed by atoms with Crippen LogP contribution >= 0.6 is 0 Å². The molecule has 0 spiro atoms. The van der Waals surface area contributed by atoms with E-state index in [1.165, 1.54) is 12.1 Å². The standard InChI is InChI=1S/C32H44N6O6/c1-3-19(2)28(32(43)44)38-30(41)26(10-6-7-15-33)36-31(42)27(16-20-11-13-22(39)14-12-20)37-29(40)24(34)17-21-18-35-25-9-5-4-8-23(21)25/h4-5,8-9,11-14,18-19,24,26-28,35,39H,3,6-7,10,15-17,33-34H2,1-2H3,(H,36,42)(H,37,40)(H,38,41)(H,43,44). The van der Waals surface area contributed by atoms with Crippen LogP contribution in [0.2, 0.25) is 0 Å². The Labute approximate surface area is 257 Å². The minimum atomic E-state index is -1.17. The van der Waals surface area contributed by atoms with E-state index in [9.17, 15) is 29.4 Å². The van der Waals surface area contributed by atoms with Crippen molar-refractivity contribution in [2.75, 3.05) is 6.54 Å². The number of hydrogen-bond acceptors (Lipinski definition) is 7. The van der Waals surface area contributed by atoms with Gasteiger partial charge in [0.1, 0.15) is 23.9 Å². The van der Waals surface area contributed by atoms with Crippen molar-refractivity contribution in [2.24, 2.45) is 17.4 Å². The molecule has 0 aliphatic carbocycles. The van der Waals surface area contributed by atoms with Crippen LogP contribution in [0.1, 0.15) is 50.7 Å². The molecule has 3 aromatic rings. The topological polar surface area (TPSA) is 213 Å². The maximum atomic E-state index is 13.7. The Balaban J connectivity index is 1.80. The lowest BCUT2D eigenvalue weighted by atomic mass is 9.98. The van der Waals surface area contributed by atoms with E-state index in [1.807, 2.05) is 31.2 Å². The lowest BCUT2D eigenvalue weighted by Gasteiger charge is -2.26. The van der Waals surface area contributed by atoms with E-state index in [1.54, 1.807) is 25.3 Å². The van der Waals surface area contributed by atoms with Gasteiger partial charge in [0.05, 0.1) is 6.04 Å². The zero-order chi connectivity index (χ0) is 32.2. The number of phenols is 1. The third-order valence-corrected chi connectivity index (χ3v) is 7.82. The molecule has 238 valence electrons. The summed E-state index contributed by atoms with van der Waals surface area (Å²) in [6.07, 6.45) is 3.94. The number of carboxylic acids is 1. The van der Waals surface area contributed by atoms with E-state index < -0.39 is 47.9 Å². The second-order valence-corrected chi connectivity index (χ2v) is 11.2. The van der Waals surface area contributed by atoms with Crippen molar-refractivity contribution < 1.29 is 29.4 Å². The van der Waals surface area contributed by atoms with Crippen LogP contribution in [0.3, 0.4) is 0 Å². The summed E-state index contributed by atoms with van der Waals surface area (Å²) in [5, 5.41) is 28.4. The zero-order valence-electron chi connectivity index (χ0n) is 25.2. The Bertz CT molecular complexity index is 1410. The van der Waals surface area contributed by atoms with Crippen molar-refractivity contribution in [3.8, 4) is 5.75 Å². The molecule has 10 N–H and O–H groups in total. The molecule has 0 aliphatic rings. The predicted octanol–water partition coefficient (Wildman–Crippen LogP) is 1.70. The van der Waals surface area contributed by atoms with Gasteiger partial charge in [0.2, 0.25) is 17.7 Å². The first-order valence-electron chi connectivity index (χ1n) is 15.0. The van der Waals surface area contributed by atoms with Gasteiger partial charge in [0, 0.05) is 23.5 Å². The number of carbonyl (C=O) groups is 4. The molecule has 12 heteroatoms. The molecule has 1 aromatic heterocycles. The second-order valence-electron chi connectivity index (χ2n) is 11.2. The van der Waals surface area contributed by atoms with Gasteiger partial charge in [-0.1, -0.05) is 50.6 Å². The van der Waals surface area contributed by atoms with Gasteiger partial charge in [0.15, 0.2) is 0 Å². The van der Waals surface area contributed by atoms with Gasteiger partial charge >= 0.3 is 5.97 Å². The van der Waals surface area contributed by atoms with E-state index in [2.05, 4.69) is 20.9 Å². The van der Waals surface area contributed by atoms with Crippen molar-refractivity contribution in [3.05, 3.63) is 65.9 Å². The van der Waals surface area contributed by atoms with E-state index in [0.717, 1.165) is 16.5 Å². The number of carbonyl (C=O) groups excluding carboxylic acids is 3. The monoisotopic (exact) mass is 608 g/mol. The fourth-order valence-corrected chi connectivity index (χ4v) is 4.96. The average molecular weight is 609 g/mol. The lowest BCUT2D eigenvalue weighted by Crippen LogP contribution is -2.58. The first-order valence-corrected chi connectivity index (χ1v) is 15.0. The summed E-state index contributed by atoms with van der Waals surface area (Å²) < 4.78 is 0. The van der Waals surface area contributed by atoms with Crippen LogP contribution in [-0.2, 0) is 32.0 Å². The van der Waals surface area contributed by atoms with Gasteiger partial charge < -0.3 is 42.6 Å². The number of amides is 3. The first-order chi connectivity index (χ1) is 21.0. The van der Waals surface area contributed by atoms with Gasteiger partial charge in [0.25, 0.3) is 0 Å². The molecule has 0 fully saturated rings. The number of carboxylic acid groups (broad SMARTS) is 1. The molecule has 12 nitrogen and oxygen atoms in total. The second kappa shape index (κ2) is 16.4. The summed E-state index contributed by atoms with van der Waals surface area (Å²) in [5.74, 6) is -3.27. The van der Waals surface area contributed by atoms with Gasteiger partial charge in [-0.05, 0) is 67.5 Å².